The largest absolute Gasteiger partial charge is 0.466 e. The second kappa shape index (κ2) is 13.8. The van der Waals surface area contributed by atoms with Crippen molar-refractivity contribution >= 4 is 35.6 Å². The van der Waals surface area contributed by atoms with Crippen LogP contribution >= 0.6 is 11.8 Å². The van der Waals surface area contributed by atoms with E-state index in [0.29, 0.717) is 16.8 Å². The number of rotatable bonds is 11. The number of amides is 2. The Morgan fingerprint density at radius 1 is 1.07 bits per heavy atom. The van der Waals surface area contributed by atoms with Gasteiger partial charge in [0.05, 0.1) is 18.0 Å². The first-order valence-corrected chi connectivity index (χ1v) is 14.5. The molecule has 0 saturated heterocycles. The van der Waals surface area contributed by atoms with Gasteiger partial charge in [-0.15, -0.1) is 11.8 Å². The maximum atomic E-state index is 13.6. The first kappa shape index (κ1) is 29.6. The molecule has 2 aromatic carbocycles. The van der Waals surface area contributed by atoms with Crippen molar-refractivity contribution < 1.29 is 19.1 Å². The molecule has 0 spiro atoms. The van der Waals surface area contributed by atoms with Crippen LogP contribution in [0.25, 0.3) is 23.0 Å². The van der Waals surface area contributed by atoms with Gasteiger partial charge < -0.3 is 4.74 Å². The normalized spacial score (nSPS) is 14.5. The number of aromatic nitrogens is 2. The molecule has 0 atom stereocenters. The molecular weight excluding hydrogens is 536 g/mol. The van der Waals surface area contributed by atoms with Gasteiger partial charge in [0, 0.05) is 41.3 Å². The molecule has 0 fully saturated rings. The van der Waals surface area contributed by atoms with Gasteiger partial charge in [0.25, 0.3) is 11.8 Å². The molecule has 1 aliphatic rings. The highest BCUT2D eigenvalue weighted by Crippen LogP contribution is 2.32. The van der Waals surface area contributed by atoms with Crippen molar-refractivity contribution in [2.45, 2.75) is 44.9 Å². The molecule has 3 aromatic rings. The summed E-state index contributed by atoms with van der Waals surface area (Å²) >= 11 is 1.81. The predicted octanol–water partition coefficient (Wildman–Crippen LogP) is 5.98. The second-order valence-corrected chi connectivity index (χ2v) is 10.7. The molecule has 9 heteroatoms. The number of thioether (sulfide) groups is 1. The lowest BCUT2D eigenvalue weighted by atomic mass is 9.93. The van der Waals surface area contributed by atoms with E-state index >= 15 is 0 Å². The zero-order chi connectivity index (χ0) is 29.4. The highest BCUT2D eigenvalue weighted by atomic mass is 32.2. The molecule has 0 N–H and O–H groups in total. The van der Waals surface area contributed by atoms with E-state index in [1.807, 2.05) is 66.5 Å². The van der Waals surface area contributed by atoms with E-state index < -0.39 is 17.8 Å². The third-order valence-electron chi connectivity index (χ3n) is 6.61. The van der Waals surface area contributed by atoms with Crippen LogP contribution in [0.3, 0.4) is 0 Å². The molecule has 0 unspecified atom stereocenters. The Balaban J connectivity index is 1.75. The summed E-state index contributed by atoms with van der Waals surface area (Å²) in [6, 6.07) is 19.8. The summed E-state index contributed by atoms with van der Waals surface area (Å²) in [4.78, 5) is 39.9. The van der Waals surface area contributed by atoms with Crippen LogP contribution < -0.4 is 0 Å². The van der Waals surface area contributed by atoms with Crippen LogP contribution in [0.5, 0.6) is 0 Å². The van der Waals surface area contributed by atoms with Crippen molar-refractivity contribution in [1.82, 2.24) is 14.7 Å². The van der Waals surface area contributed by atoms with Gasteiger partial charge in [-0.25, -0.2) is 4.68 Å². The molecule has 8 nitrogen and oxygen atoms in total. The van der Waals surface area contributed by atoms with Gasteiger partial charge in [0.2, 0.25) is 0 Å². The van der Waals surface area contributed by atoms with Crippen molar-refractivity contribution in [3.63, 3.8) is 0 Å². The molecular formula is C32H32N4O4S. The van der Waals surface area contributed by atoms with Crippen molar-refractivity contribution in [3.05, 3.63) is 83.1 Å². The summed E-state index contributed by atoms with van der Waals surface area (Å²) in [5, 5.41) is 14.6. The lowest BCUT2D eigenvalue weighted by molar-refractivity contribution is -0.141. The van der Waals surface area contributed by atoms with Gasteiger partial charge in [0.15, 0.2) is 0 Å². The number of unbranched alkanes of at least 4 members (excludes halogenated alkanes) is 1. The van der Waals surface area contributed by atoms with Crippen LogP contribution in [0, 0.1) is 11.3 Å². The van der Waals surface area contributed by atoms with Gasteiger partial charge in [0.1, 0.15) is 11.6 Å². The molecule has 0 radical (unpaired) electrons. The predicted molar refractivity (Wildman–Crippen MR) is 159 cm³/mol. The quantitative estimate of drug-likeness (QED) is 0.0922. The lowest BCUT2D eigenvalue weighted by Gasteiger charge is -2.27. The van der Waals surface area contributed by atoms with Crippen LogP contribution in [-0.4, -0.2) is 51.4 Å². The van der Waals surface area contributed by atoms with E-state index in [0.717, 1.165) is 34.7 Å². The number of para-hydroxylation sites is 1. The standard InChI is InChI=1S/C32H32N4O4S/c1-4-5-18-41-27-14-12-24(13-15-27)30-25(21-36(34-30)26-10-7-6-8-11-26)19-28-22(2)29(20-33)32(39)35(31(28)38)16-9-17-40-23(3)37/h6-8,10-15,19,21H,4-5,9,16-18H2,1-3H3/b28-19+. The fourth-order valence-corrected chi connectivity index (χ4v) is 5.40. The minimum Gasteiger partial charge on any atom is -0.466 e. The van der Waals surface area contributed by atoms with Gasteiger partial charge in [-0.2, -0.15) is 10.4 Å². The number of hydrogen-bond acceptors (Lipinski definition) is 7. The monoisotopic (exact) mass is 568 g/mol. The van der Waals surface area contributed by atoms with Gasteiger partial charge in [-0.05, 0) is 61.4 Å². The van der Waals surface area contributed by atoms with Crippen LogP contribution in [0.15, 0.2) is 82.4 Å². The van der Waals surface area contributed by atoms with Crippen molar-refractivity contribution in [2.75, 3.05) is 18.9 Å². The second-order valence-electron chi connectivity index (χ2n) is 9.56. The van der Waals surface area contributed by atoms with E-state index in [1.165, 1.54) is 11.8 Å². The summed E-state index contributed by atoms with van der Waals surface area (Å²) in [6.07, 6.45) is 6.11. The Labute approximate surface area is 244 Å². The van der Waals surface area contributed by atoms with Crippen molar-refractivity contribution in [2.24, 2.45) is 0 Å². The highest BCUT2D eigenvalue weighted by Gasteiger charge is 2.35. The molecule has 41 heavy (non-hydrogen) atoms. The molecule has 0 aliphatic carbocycles. The number of nitriles is 1. The summed E-state index contributed by atoms with van der Waals surface area (Å²) in [7, 11) is 0. The molecule has 4 rings (SSSR count). The minimum absolute atomic E-state index is 0.0219. The molecule has 2 heterocycles. The van der Waals surface area contributed by atoms with Crippen LogP contribution in [-0.2, 0) is 19.1 Å². The van der Waals surface area contributed by atoms with Gasteiger partial charge >= 0.3 is 5.97 Å². The van der Waals surface area contributed by atoms with E-state index in [2.05, 4.69) is 19.1 Å². The Bertz CT molecular complexity index is 1530. The number of benzene rings is 2. The van der Waals surface area contributed by atoms with Crippen LogP contribution in [0.4, 0.5) is 0 Å². The van der Waals surface area contributed by atoms with E-state index in [9.17, 15) is 19.6 Å². The minimum atomic E-state index is -0.647. The Morgan fingerprint density at radius 2 is 1.80 bits per heavy atom. The summed E-state index contributed by atoms with van der Waals surface area (Å²) in [5.41, 5.74) is 3.56. The first-order valence-electron chi connectivity index (χ1n) is 13.5. The molecule has 0 bridgehead atoms. The number of carbonyl (C=O) groups excluding carboxylic acids is 3. The average Bonchev–Trinajstić information content (AvgIpc) is 3.40. The third-order valence-corrected chi connectivity index (χ3v) is 7.71. The number of carbonyl (C=O) groups is 3. The zero-order valence-corrected chi connectivity index (χ0v) is 24.2. The molecule has 0 saturated carbocycles. The SMILES string of the molecule is CCCCSc1ccc(-c2nn(-c3ccccc3)cc2/C=C2/C(=O)N(CCCOC(C)=O)C(=O)C(C#N)=C2C)cc1. The number of imide groups is 1. The Kier molecular flexibility index (Phi) is 9.93. The molecule has 210 valence electrons. The zero-order valence-electron chi connectivity index (χ0n) is 23.4. The molecule has 2 amide bonds. The average molecular weight is 569 g/mol. The summed E-state index contributed by atoms with van der Waals surface area (Å²) in [6.45, 7) is 5.17. The number of esters is 1. The Hall–Kier alpha value is -4.42. The van der Waals surface area contributed by atoms with Gasteiger partial charge in [-0.3, -0.25) is 19.3 Å². The van der Waals surface area contributed by atoms with Crippen molar-refractivity contribution in [1.29, 1.82) is 5.26 Å². The smallest absolute Gasteiger partial charge is 0.302 e. The summed E-state index contributed by atoms with van der Waals surface area (Å²) < 4.78 is 6.71. The maximum absolute atomic E-state index is 13.6. The fraction of sp³-hybridized carbons (Fsp3) is 0.281. The van der Waals surface area contributed by atoms with Gasteiger partial charge in [-0.1, -0.05) is 43.7 Å². The molecule has 1 aliphatic heterocycles. The molecule has 1 aromatic heterocycles. The fourth-order valence-electron chi connectivity index (χ4n) is 4.40. The summed E-state index contributed by atoms with van der Waals surface area (Å²) in [5.74, 6) is -0.534. The first-order chi connectivity index (χ1) is 19.8. The number of ether oxygens (including phenoxy) is 1. The van der Waals surface area contributed by atoms with Crippen LogP contribution in [0.1, 0.15) is 45.6 Å². The van der Waals surface area contributed by atoms with E-state index in [1.54, 1.807) is 17.7 Å². The number of hydrogen-bond donors (Lipinski definition) is 0. The number of nitrogens with zero attached hydrogens (tertiary/aromatic N) is 4. The topological polar surface area (TPSA) is 105 Å². The maximum Gasteiger partial charge on any atom is 0.302 e. The Morgan fingerprint density at radius 3 is 2.46 bits per heavy atom. The lowest BCUT2D eigenvalue weighted by Crippen LogP contribution is -2.43. The van der Waals surface area contributed by atoms with Crippen molar-refractivity contribution in [3.8, 4) is 23.0 Å². The van der Waals surface area contributed by atoms with Crippen LogP contribution in [0.2, 0.25) is 0 Å². The highest BCUT2D eigenvalue weighted by molar-refractivity contribution is 7.99. The van der Waals surface area contributed by atoms with E-state index in [-0.39, 0.29) is 30.7 Å². The van der Waals surface area contributed by atoms with E-state index in [4.69, 9.17) is 9.84 Å². The third kappa shape index (κ3) is 7.02.